The molecule has 2 heterocycles. The van der Waals surface area contributed by atoms with Gasteiger partial charge in [0.2, 0.25) is 0 Å². The van der Waals surface area contributed by atoms with Gasteiger partial charge in [-0.25, -0.2) is 13.4 Å². The Bertz CT molecular complexity index is 774. The van der Waals surface area contributed by atoms with Crippen LogP contribution in [0.25, 0.3) is 0 Å². The number of benzene rings is 1. The molecule has 1 aromatic heterocycles. The lowest BCUT2D eigenvalue weighted by Gasteiger charge is -2.23. The van der Waals surface area contributed by atoms with Gasteiger partial charge in [0.25, 0.3) is 10.0 Å². The van der Waals surface area contributed by atoms with Crippen LogP contribution < -0.4 is 0 Å². The quantitative estimate of drug-likeness (QED) is 0.850. The Morgan fingerprint density at radius 1 is 1.10 bits per heavy atom. The lowest BCUT2D eigenvalue weighted by Crippen LogP contribution is -2.31. The van der Waals surface area contributed by atoms with Crippen LogP contribution in [0.5, 0.6) is 0 Å². The molecule has 1 aromatic carbocycles. The minimum Gasteiger partial charge on any atom is -0.250 e. The van der Waals surface area contributed by atoms with E-state index in [1.54, 1.807) is 30.3 Å². The van der Waals surface area contributed by atoms with Gasteiger partial charge in [0.15, 0.2) is 5.15 Å². The zero-order valence-electron chi connectivity index (χ0n) is 10.1. The highest BCUT2D eigenvalue weighted by atomic mass is 35.5. The summed E-state index contributed by atoms with van der Waals surface area (Å²) >= 11 is 5.65. The number of fused-ring (bicyclic) bond motifs is 1. The number of aromatic nitrogens is 2. The lowest BCUT2D eigenvalue weighted by molar-refractivity contribution is 0.516. The number of sulfonamides is 1. The standard InChI is InChI=1S/C12H9ClN4O2S/c13-12-6-5-9(15-16-12)7-17-8-14-10-3-1-2-4-11(10)20(17,18)19/h1-6,8H,7H2. The lowest BCUT2D eigenvalue weighted by atomic mass is 10.3. The van der Waals surface area contributed by atoms with Crippen LogP contribution in [0.3, 0.4) is 0 Å². The summed E-state index contributed by atoms with van der Waals surface area (Å²) in [5.41, 5.74) is 0.926. The van der Waals surface area contributed by atoms with E-state index in [0.717, 1.165) is 4.31 Å². The van der Waals surface area contributed by atoms with Crippen molar-refractivity contribution in [3.63, 3.8) is 0 Å². The van der Waals surface area contributed by atoms with Crippen molar-refractivity contribution in [2.45, 2.75) is 11.4 Å². The highest BCUT2D eigenvalue weighted by molar-refractivity contribution is 7.89. The Morgan fingerprint density at radius 2 is 1.90 bits per heavy atom. The average molecular weight is 309 g/mol. The van der Waals surface area contributed by atoms with Crippen LogP contribution in [0.4, 0.5) is 5.69 Å². The van der Waals surface area contributed by atoms with Crippen molar-refractivity contribution in [1.82, 2.24) is 14.5 Å². The maximum Gasteiger partial charge on any atom is 0.267 e. The molecular formula is C12H9ClN4O2S. The van der Waals surface area contributed by atoms with Crippen molar-refractivity contribution >= 4 is 33.7 Å². The van der Waals surface area contributed by atoms with Crippen LogP contribution in [-0.4, -0.2) is 29.3 Å². The smallest absolute Gasteiger partial charge is 0.250 e. The van der Waals surface area contributed by atoms with E-state index in [1.165, 1.54) is 12.4 Å². The van der Waals surface area contributed by atoms with Crippen LogP contribution >= 0.6 is 11.6 Å². The van der Waals surface area contributed by atoms with Gasteiger partial charge >= 0.3 is 0 Å². The molecule has 102 valence electrons. The molecule has 0 unspecified atom stereocenters. The summed E-state index contributed by atoms with van der Waals surface area (Å²) in [6, 6.07) is 9.78. The topological polar surface area (TPSA) is 75.5 Å². The molecule has 0 radical (unpaired) electrons. The fraction of sp³-hybridized carbons (Fsp3) is 0.0833. The van der Waals surface area contributed by atoms with E-state index in [1.807, 2.05) is 0 Å². The first kappa shape index (κ1) is 13.0. The fourth-order valence-electron chi connectivity index (χ4n) is 1.81. The van der Waals surface area contributed by atoms with Gasteiger partial charge in [0, 0.05) is 0 Å². The molecule has 0 atom stereocenters. The zero-order chi connectivity index (χ0) is 14.2. The summed E-state index contributed by atoms with van der Waals surface area (Å²) in [4.78, 5) is 4.32. The number of aliphatic imine (C=N–C) groups is 1. The summed E-state index contributed by atoms with van der Waals surface area (Å²) in [5, 5.41) is 7.79. The Labute approximate surface area is 120 Å². The van der Waals surface area contributed by atoms with E-state index in [9.17, 15) is 8.42 Å². The minimum absolute atomic E-state index is 0.0599. The minimum atomic E-state index is -3.61. The molecule has 0 fully saturated rings. The molecule has 8 heteroatoms. The number of halogens is 1. The largest absolute Gasteiger partial charge is 0.267 e. The van der Waals surface area contributed by atoms with Gasteiger partial charge in [-0.3, -0.25) is 4.31 Å². The van der Waals surface area contributed by atoms with Gasteiger partial charge in [0.05, 0.1) is 17.9 Å². The van der Waals surface area contributed by atoms with Crippen molar-refractivity contribution in [3.05, 3.63) is 47.2 Å². The van der Waals surface area contributed by atoms with Crippen molar-refractivity contribution in [2.24, 2.45) is 4.99 Å². The summed E-state index contributed by atoms with van der Waals surface area (Å²) in [6.45, 7) is 0.0599. The first-order valence-corrected chi connectivity index (χ1v) is 7.52. The number of rotatable bonds is 2. The first-order chi connectivity index (χ1) is 9.57. The van der Waals surface area contributed by atoms with Crippen molar-refractivity contribution in [3.8, 4) is 0 Å². The number of para-hydroxylation sites is 1. The molecule has 0 bridgehead atoms. The maximum absolute atomic E-state index is 12.4. The molecule has 0 saturated heterocycles. The number of nitrogens with zero attached hydrogens (tertiary/aromatic N) is 4. The summed E-state index contributed by atoms with van der Waals surface area (Å²) < 4.78 is 26.0. The molecule has 1 aliphatic rings. The summed E-state index contributed by atoms with van der Waals surface area (Å²) in [5.74, 6) is 0. The van der Waals surface area contributed by atoms with E-state index in [2.05, 4.69) is 15.2 Å². The van der Waals surface area contributed by atoms with E-state index in [0.29, 0.717) is 11.4 Å². The van der Waals surface area contributed by atoms with E-state index >= 15 is 0 Å². The Balaban J connectivity index is 1.95. The van der Waals surface area contributed by atoms with E-state index in [-0.39, 0.29) is 16.6 Å². The SMILES string of the molecule is O=S1(=O)c2ccccc2N=CN1Cc1ccc(Cl)nn1. The van der Waals surface area contributed by atoms with Crippen molar-refractivity contribution < 1.29 is 8.42 Å². The van der Waals surface area contributed by atoms with Gasteiger partial charge in [-0.15, -0.1) is 5.10 Å². The molecule has 0 saturated carbocycles. The van der Waals surface area contributed by atoms with Crippen LogP contribution in [-0.2, 0) is 16.6 Å². The Kier molecular flexibility index (Phi) is 3.15. The van der Waals surface area contributed by atoms with Crippen molar-refractivity contribution in [1.29, 1.82) is 0 Å². The normalized spacial score (nSPS) is 15.9. The molecule has 1 aliphatic heterocycles. The fourth-order valence-corrected chi connectivity index (χ4v) is 3.27. The van der Waals surface area contributed by atoms with Gasteiger partial charge in [-0.2, -0.15) is 5.10 Å². The predicted octanol–water partition coefficient (Wildman–Crippen LogP) is 1.99. The highest BCUT2D eigenvalue weighted by Crippen LogP contribution is 2.30. The Hall–Kier alpha value is -1.99. The molecule has 3 rings (SSSR count). The summed E-state index contributed by atoms with van der Waals surface area (Å²) in [7, 11) is -3.61. The average Bonchev–Trinajstić information content (AvgIpc) is 2.44. The zero-order valence-corrected chi connectivity index (χ0v) is 11.7. The van der Waals surface area contributed by atoms with Crippen LogP contribution in [0.15, 0.2) is 46.3 Å². The van der Waals surface area contributed by atoms with Gasteiger partial charge in [0.1, 0.15) is 11.2 Å². The third-order valence-electron chi connectivity index (χ3n) is 2.78. The Morgan fingerprint density at radius 3 is 2.65 bits per heavy atom. The molecule has 2 aromatic rings. The number of hydrogen-bond donors (Lipinski definition) is 0. The molecule has 0 amide bonds. The van der Waals surface area contributed by atoms with Gasteiger partial charge < -0.3 is 0 Å². The molecular weight excluding hydrogens is 300 g/mol. The third kappa shape index (κ3) is 2.25. The predicted molar refractivity (Wildman–Crippen MR) is 74.4 cm³/mol. The molecule has 0 aliphatic carbocycles. The van der Waals surface area contributed by atoms with Crippen LogP contribution in [0.2, 0.25) is 5.15 Å². The van der Waals surface area contributed by atoms with Crippen LogP contribution in [0, 0.1) is 0 Å². The first-order valence-electron chi connectivity index (χ1n) is 5.70. The second-order valence-electron chi connectivity index (χ2n) is 4.11. The molecule has 0 spiro atoms. The van der Waals surface area contributed by atoms with Gasteiger partial charge in [-0.1, -0.05) is 23.7 Å². The molecule has 20 heavy (non-hydrogen) atoms. The van der Waals surface area contributed by atoms with E-state index in [4.69, 9.17) is 11.6 Å². The second kappa shape index (κ2) is 4.84. The highest BCUT2D eigenvalue weighted by Gasteiger charge is 2.28. The van der Waals surface area contributed by atoms with Crippen molar-refractivity contribution in [2.75, 3.05) is 0 Å². The number of hydrogen-bond acceptors (Lipinski definition) is 5. The molecule has 0 N–H and O–H groups in total. The second-order valence-corrected chi connectivity index (χ2v) is 6.36. The maximum atomic E-state index is 12.4. The molecule has 6 nitrogen and oxygen atoms in total. The summed E-state index contributed by atoms with van der Waals surface area (Å²) in [6.07, 6.45) is 1.29. The van der Waals surface area contributed by atoms with Crippen LogP contribution in [0.1, 0.15) is 5.69 Å². The van der Waals surface area contributed by atoms with E-state index < -0.39 is 10.0 Å². The third-order valence-corrected chi connectivity index (χ3v) is 4.73. The monoisotopic (exact) mass is 308 g/mol. The van der Waals surface area contributed by atoms with Gasteiger partial charge in [-0.05, 0) is 24.3 Å².